The second-order valence-electron chi connectivity index (χ2n) is 16.9. The van der Waals surface area contributed by atoms with E-state index in [1.165, 1.54) is 16.2 Å². The number of carbonyl (C=O) groups is 5. The van der Waals surface area contributed by atoms with E-state index in [-0.39, 0.29) is 70.2 Å². The van der Waals surface area contributed by atoms with Crippen LogP contribution in [0.1, 0.15) is 59.2 Å². The molecule has 5 amide bonds. The van der Waals surface area contributed by atoms with Crippen molar-refractivity contribution in [2.45, 2.75) is 58.8 Å². The van der Waals surface area contributed by atoms with Gasteiger partial charge in [-0.25, -0.2) is 9.97 Å². The summed E-state index contributed by atoms with van der Waals surface area (Å²) in [6, 6.07) is 17.8. The molecule has 0 bridgehead atoms. The van der Waals surface area contributed by atoms with Gasteiger partial charge >= 0.3 is 0 Å². The van der Waals surface area contributed by atoms with Crippen molar-refractivity contribution in [3.8, 4) is 21.8 Å². The Morgan fingerprint density at radius 2 is 1.46 bits per heavy atom. The van der Waals surface area contributed by atoms with E-state index in [9.17, 15) is 29.1 Å². The van der Waals surface area contributed by atoms with E-state index in [1.54, 1.807) is 47.3 Å². The van der Waals surface area contributed by atoms with Crippen molar-refractivity contribution in [1.29, 1.82) is 0 Å². The highest BCUT2D eigenvalue weighted by molar-refractivity contribution is 7.14. The van der Waals surface area contributed by atoms with E-state index in [2.05, 4.69) is 36.2 Å². The van der Waals surface area contributed by atoms with Crippen LogP contribution in [0.4, 0.5) is 5.13 Å². The molecule has 20 heteroatoms. The van der Waals surface area contributed by atoms with Gasteiger partial charge in [0, 0.05) is 48.8 Å². The van der Waals surface area contributed by atoms with Gasteiger partial charge in [0.15, 0.2) is 5.13 Å². The summed E-state index contributed by atoms with van der Waals surface area (Å²) in [7, 11) is 0. The minimum atomic E-state index is -0.978. The zero-order valence-corrected chi connectivity index (χ0v) is 40.2. The Morgan fingerprint density at radius 3 is 2.09 bits per heavy atom. The molecule has 0 spiro atoms. The maximum atomic E-state index is 13.9. The van der Waals surface area contributed by atoms with Gasteiger partial charge < -0.3 is 44.9 Å². The van der Waals surface area contributed by atoms with E-state index < -0.39 is 35.4 Å². The van der Waals surface area contributed by atoms with Crippen LogP contribution >= 0.6 is 22.7 Å². The molecule has 0 radical (unpaired) electrons. The molecule has 4 heterocycles. The Balaban J connectivity index is 0.785. The average Bonchev–Trinajstić information content (AvgIpc) is 4.10. The van der Waals surface area contributed by atoms with Crippen molar-refractivity contribution >= 4 is 57.3 Å². The molecule has 1 fully saturated rings. The summed E-state index contributed by atoms with van der Waals surface area (Å²) >= 11 is 2.86. The molecule has 0 aliphatic carbocycles. The summed E-state index contributed by atoms with van der Waals surface area (Å²) in [6.07, 6.45) is 0.885. The number of nitrogens with one attached hydrogen (secondary N) is 4. The number of rotatable bonds is 24. The lowest BCUT2D eigenvalue weighted by Crippen LogP contribution is -2.58. The molecule has 5 aromatic rings. The van der Waals surface area contributed by atoms with Crippen LogP contribution in [0.25, 0.3) is 21.8 Å². The van der Waals surface area contributed by atoms with Crippen LogP contribution in [0.2, 0.25) is 0 Å². The molecule has 362 valence electrons. The summed E-state index contributed by atoms with van der Waals surface area (Å²) < 4.78 is 22.1. The Kier molecular flexibility index (Phi) is 19.2. The van der Waals surface area contributed by atoms with Crippen molar-refractivity contribution in [2.24, 2.45) is 5.41 Å². The predicted molar refractivity (Wildman–Crippen MR) is 257 cm³/mol. The number of nitrogens with zero attached hydrogens (tertiary/aromatic N) is 4. The number of benzene rings is 2. The second-order valence-corrected chi connectivity index (χ2v) is 18.6. The third kappa shape index (κ3) is 15.3. The molecule has 3 aromatic heterocycles. The number of hydrogen-bond acceptors (Lipinski definition) is 15. The van der Waals surface area contributed by atoms with Gasteiger partial charge in [-0.2, -0.15) is 0 Å². The first-order valence-electron chi connectivity index (χ1n) is 22.2. The lowest BCUT2D eigenvalue weighted by atomic mass is 9.85. The van der Waals surface area contributed by atoms with E-state index in [4.69, 9.17) is 18.9 Å². The minimum absolute atomic E-state index is 0.0275. The fraction of sp³-hybridized carbons (Fsp3) is 0.417. The number of amides is 5. The second kappa shape index (κ2) is 25.4. The molecule has 1 aliphatic rings. The summed E-state index contributed by atoms with van der Waals surface area (Å²) in [5, 5.41) is 24.0. The van der Waals surface area contributed by atoms with Crippen molar-refractivity contribution in [1.82, 2.24) is 35.8 Å². The normalized spacial score (nSPS) is 15.2. The number of aromatic nitrogens is 3. The first kappa shape index (κ1) is 51.4. The van der Waals surface area contributed by atoms with Gasteiger partial charge in [0.05, 0.1) is 74.1 Å². The number of β-amino-alcohol motifs (C(OH)–C–C–N with tert-alkyl or cyclic N) is 1. The van der Waals surface area contributed by atoms with Crippen LogP contribution in [-0.4, -0.2) is 139 Å². The first-order valence-corrected chi connectivity index (χ1v) is 23.9. The lowest BCUT2D eigenvalue weighted by Gasteiger charge is -2.35. The summed E-state index contributed by atoms with van der Waals surface area (Å²) in [6.45, 7) is 9.46. The van der Waals surface area contributed by atoms with Crippen LogP contribution in [-0.2, 0) is 39.9 Å². The molecule has 18 nitrogen and oxygen atoms in total. The zero-order valence-electron chi connectivity index (χ0n) is 38.5. The summed E-state index contributed by atoms with van der Waals surface area (Å²) in [4.78, 5) is 80.9. The smallest absolute Gasteiger partial charge is 0.257 e. The third-order valence-electron chi connectivity index (χ3n) is 10.7. The predicted octanol–water partition coefficient (Wildman–Crippen LogP) is 4.49. The van der Waals surface area contributed by atoms with Gasteiger partial charge in [0.25, 0.3) is 11.8 Å². The van der Waals surface area contributed by atoms with Gasteiger partial charge in [-0.15, -0.1) is 22.7 Å². The summed E-state index contributed by atoms with van der Waals surface area (Å²) in [5.74, 6) is -1.98. The van der Waals surface area contributed by atoms with Crippen molar-refractivity contribution in [3.63, 3.8) is 0 Å². The van der Waals surface area contributed by atoms with Crippen molar-refractivity contribution in [2.75, 3.05) is 71.3 Å². The first-order chi connectivity index (χ1) is 32.8. The van der Waals surface area contributed by atoms with Crippen LogP contribution in [0.3, 0.4) is 0 Å². The number of thiazole rings is 2. The molecular formula is C48H58N8O10S2. The van der Waals surface area contributed by atoms with E-state index in [0.717, 1.165) is 21.7 Å². The molecule has 1 saturated heterocycles. The highest BCUT2D eigenvalue weighted by atomic mass is 32.1. The monoisotopic (exact) mass is 970 g/mol. The SMILES string of the molecule is Cc1ncsc1-c1ccc(CNC(=O)[C@@H]2C[C@@H](O)CN2C(=O)[C@@H](NC(=O)COCCOCCOCCOCCNC(=O)c2ccc(C(=O)Nc3nc(-c4ccccn4)cs3)cc2)C(C)(C)C)cc1. The van der Waals surface area contributed by atoms with Crippen LogP contribution in [0.15, 0.2) is 83.8 Å². The Bertz CT molecular complexity index is 2430. The van der Waals surface area contributed by atoms with Crippen molar-refractivity contribution < 1.29 is 48.0 Å². The number of anilines is 1. The lowest BCUT2D eigenvalue weighted by molar-refractivity contribution is -0.144. The largest absolute Gasteiger partial charge is 0.391 e. The number of ether oxygens (including phenoxy) is 4. The number of carbonyl (C=O) groups excluding carboxylic acids is 5. The molecule has 0 unspecified atom stereocenters. The molecule has 6 rings (SSSR count). The van der Waals surface area contributed by atoms with Gasteiger partial charge in [0.2, 0.25) is 17.7 Å². The number of pyridine rings is 1. The Labute approximate surface area is 403 Å². The molecule has 2 aromatic carbocycles. The highest BCUT2D eigenvalue weighted by Crippen LogP contribution is 2.29. The van der Waals surface area contributed by atoms with Gasteiger partial charge in [0.1, 0.15) is 24.4 Å². The minimum Gasteiger partial charge on any atom is -0.391 e. The van der Waals surface area contributed by atoms with Crippen LogP contribution in [0, 0.1) is 12.3 Å². The number of aryl methyl sites for hydroxylation is 1. The van der Waals surface area contributed by atoms with Crippen molar-refractivity contribution in [3.05, 3.63) is 106 Å². The fourth-order valence-corrected chi connectivity index (χ4v) is 8.56. The molecular weight excluding hydrogens is 913 g/mol. The maximum Gasteiger partial charge on any atom is 0.257 e. The molecule has 68 heavy (non-hydrogen) atoms. The topological polar surface area (TPSA) is 233 Å². The number of hydrogen-bond donors (Lipinski definition) is 5. The van der Waals surface area contributed by atoms with Gasteiger partial charge in [-0.3, -0.25) is 34.3 Å². The highest BCUT2D eigenvalue weighted by Gasteiger charge is 2.44. The molecule has 5 N–H and O–H groups in total. The van der Waals surface area contributed by atoms with Gasteiger partial charge in [-0.1, -0.05) is 51.1 Å². The Morgan fingerprint density at radius 1 is 0.794 bits per heavy atom. The standard InChI is InChI=1S/C48H58N8O10S2/c1-31-41(68-30-52-31)33-10-8-32(9-11-33)26-51-45(61)39-25-36(57)27-56(39)46(62)42(48(2,3)4)54-40(58)28-66-24-23-65-22-21-64-20-19-63-18-17-50-43(59)34-12-14-35(15-13-34)44(60)55-47-53-38(29-67-47)37-7-5-6-16-49-37/h5-16,29-30,36,39,42,57H,17-28H2,1-4H3,(H,50,59)(H,51,61)(H,54,58)(H,53,55,60)/t36-,39+,42-/m1/s1. The quantitative estimate of drug-likeness (QED) is 0.0538. The van der Waals surface area contributed by atoms with Crippen LogP contribution in [0.5, 0.6) is 0 Å². The maximum absolute atomic E-state index is 13.9. The average molecular weight is 971 g/mol. The third-order valence-corrected chi connectivity index (χ3v) is 12.4. The number of aliphatic hydroxyl groups is 1. The number of likely N-dealkylation sites (tertiary alicyclic amines) is 1. The van der Waals surface area contributed by atoms with Crippen LogP contribution < -0.4 is 21.3 Å². The fourth-order valence-electron chi connectivity index (χ4n) is 7.05. The van der Waals surface area contributed by atoms with Gasteiger partial charge in [-0.05, 0) is 59.9 Å². The molecule has 3 atom stereocenters. The molecule has 1 aliphatic heterocycles. The molecule has 0 saturated carbocycles. The van der Waals surface area contributed by atoms with E-state index in [1.807, 2.05) is 75.5 Å². The zero-order chi connectivity index (χ0) is 48.5. The van der Waals surface area contributed by atoms with E-state index in [0.29, 0.717) is 54.1 Å². The Hall–Kier alpha value is -6.00. The summed E-state index contributed by atoms with van der Waals surface area (Å²) in [5.41, 5.74) is 6.15. The number of aliphatic hydroxyl groups excluding tert-OH is 1. The van der Waals surface area contributed by atoms with E-state index >= 15 is 0 Å².